The van der Waals surface area contributed by atoms with Crippen LogP contribution < -0.4 is 0 Å². The molecule has 0 fully saturated rings. The highest BCUT2D eigenvalue weighted by atomic mass is 32.2. The second-order valence-electron chi connectivity index (χ2n) is 2.97. The number of rotatable bonds is 6. The Morgan fingerprint density at radius 1 is 1.21 bits per heavy atom. The van der Waals surface area contributed by atoms with Gasteiger partial charge < -0.3 is 0 Å². The van der Waals surface area contributed by atoms with Crippen LogP contribution in [0.4, 0.5) is 0 Å². The molecule has 0 aromatic heterocycles. The number of benzene rings is 1. The molecule has 0 amide bonds. The van der Waals surface area contributed by atoms with E-state index in [1.54, 1.807) is 0 Å². The van der Waals surface area contributed by atoms with Crippen molar-refractivity contribution in [2.75, 3.05) is 11.5 Å². The second kappa shape index (κ2) is 7.45. The molecule has 0 atom stereocenters. The van der Waals surface area contributed by atoms with Gasteiger partial charge in [0.15, 0.2) is 0 Å². The number of allylic oxidation sites excluding steroid dienone is 1. The monoisotopic (exact) mass is 204 g/mol. The molecule has 0 unspecified atom stereocenters. The van der Waals surface area contributed by atoms with Crippen LogP contribution >= 0.6 is 11.8 Å². The third-order valence-electron chi connectivity index (χ3n) is 1.79. The van der Waals surface area contributed by atoms with E-state index in [2.05, 4.69) is 43.0 Å². The van der Waals surface area contributed by atoms with Gasteiger partial charge in [-0.2, -0.15) is 11.8 Å². The molecule has 14 heavy (non-hydrogen) atoms. The summed E-state index contributed by atoms with van der Waals surface area (Å²) >= 11 is 1.94. The van der Waals surface area contributed by atoms with Crippen LogP contribution in [0.1, 0.15) is 12.0 Å². The molecule has 0 nitrogen and oxygen atoms in total. The van der Waals surface area contributed by atoms with Crippen LogP contribution in [-0.2, 0) is 0 Å². The Morgan fingerprint density at radius 3 is 2.71 bits per heavy atom. The predicted molar refractivity (Wildman–Crippen MR) is 67.6 cm³/mol. The van der Waals surface area contributed by atoms with Crippen LogP contribution in [0.3, 0.4) is 0 Å². The van der Waals surface area contributed by atoms with Crippen molar-refractivity contribution in [3.8, 4) is 0 Å². The summed E-state index contributed by atoms with van der Waals surface area (Å²) < 4.78 is 0. The summed E-state index contributed by atoms with van der Waals surface area (Å²) in [6.45, 7) is 3.69. The molecule has 0 radical (unpaired) electrons. The van der Waals surface area contributed by atoms with E-state index in [1.165, 1.54) is 11.3 Å². The molecule has 0 spiro atoms. The summed E-state index contributed by atoms with van der Waals surface area (Å²) in [4.78, 5) is 0. The summed E-state index contributed by atoms with van der Waals surface area (Å²) in [6, 6.07) is 10.4. The van der Waals surface area contributed by atoms with E-state index in [-0.39, 0.29) is 0 Å². The highest BCUT2D eigenvalue weighted by Gasteiger charge is 1.84. The molecule has 1 aromatic carbocycles. The fourth-order valence-electron chi connectivity index (χ4n) is 1.07. The summed E-state index contributed by atoms with van der Waals surface area (Å²) in [5.41, 5.74) is 1.27. The minimum absolute atomic E-state index is 1.09. The number of hydrogen-bond acceptors (Lipinski definition) is 1. The van der Waals surface area contributed by atoms with Crippen LogP contribution in [0, 0.1) is 0 Å². The zero-order valence-electron chi connectivity index (χ0n) is 8.36. The average Bonchev–Trinajstić information content (AvgIpc) is 2.25. The van der Waals surface area contributed by atoms with Crippen molar-refractivity contribution in [3.05, 3.63) is 54.6 Å². The van der Waals surface area contributed by atoms with Gasteiger partial charge >= 0.3 is 0 Å². The molecule has 0 bridgehead atoms. The Labute approximate surface area is 90.7 Å². The lowest BCUT2D eigenvalue weighted by Crippen LogP contribution is -1.77. The van der Waals surface area contributed by atoms with Crippen molar-refractivity contribution in [3.63, 3.8) is 0 Å². The minimum Gasteiger partial charge on any atom is -0.158 e. The van der Waals surface area contributed by atoms with Gasteiger partial charge in [0, 0.05) is 5.75 Å². The topological polar surface area (TPSA) is 0 Å². The van der Waals surface area contributed by atoms with E-state index >= 15 is 0 Å². The quantitative estimate of drug-likeness (QED) is 0.498. The zero-order valence-corrected chi connectivity index (χ0v) is 9.17. The smallest absolute Gasteiger partial charge is 0.0116 e. The molecule has 0 N–H and O–H groups in total. The van der Waals surface area contributed by atoms with E-state index in [0.29, 0.717) is 0 Å². The van der Waals surface area contributed by atoms with E-state index < -0.39 is 0 Å². The van der Waals surface area contributed by atoms with Gasteiger partial charge in [-0.3, -0.25) is 0 Å². The molecule has 0 aliphatic rings. The van der Waals surface area contributed by atoms with Gasteiger partial charge in [-0.15, -0.1) is 6.58 Å². The SMILES string of the molecule is C=CCCSC/C=C/c1ccccc1. The van der Waals surface area contributed by atoms with Crippen LogP contribution in [0.15, 0.2) is 49.1 Å². The van der Waals surface area contributed by atoms with E-state index in [9.17, 15) is 0 Å². The van der Waals surface area contributed by atoms with Gasteiger partial charge in [-0.05, 0) is 17.7 Å². The first kappa shape index (κ1) is 11.1. The van der Waals surface area contributed by atoms with Gasteiger partial charge in [0.2, 0.25) is 0 Å². The van der Waals surface area contributed by atoms with E-state index in [0.717, 1.165) is 12.2 Å². The molecule has 0 saturated heterocycles. The molecular formula is C13H16S. The number of hydrogen-bond donors (Lipinski definition) is 0. The largest absolute Gasteiger partial charge is 0.158 e. The summed E-state index contributed by atoms with van der Waals surface area (Å²) in [6.07, 6.45) is 7.45. The number of thioether (sulfide) groups is 1. The van der Waals surface area contributed by atoms with Crippen LogP contribution in [0.2, 0.25) is 0 Å². The Bertz CT molecular complexity index is 275. The average molecular weight is 204 g/mol. The van der Waals surface area contributed by atoms with Crippen molar-refractivity contribution in [1.82, 2.24) is 0 Å². The zero-order chi connectivity index (χ0) is 10.1. The lowest BCUT2D eigenvalue weighted by atomic mass is 10.2. The Balaban J connectivity index is 2.18. The Hall–Kier alpha value is -0.950. The molecule has 1 rings (SSSR count). The van der Waals surface area contributed by atoms with Crippen molar-refractivity contribution in [2.24, 2.45) is 0 Å². The molecule has 0 aliphatic carbocycles. The first-order valence-electron chi connectivity index (χ1n) is 4.83. The van der Waals surface area contributed by atoms with Crippen molar-refractivity contribution >= 4 is 17.8 Å². The van der Waals surface area contributed by atoms with Gasteiger partial charge in [0.05, 0.1) is 0 Å². The van der Waals surface area contributed by atoms with Crippen LogP contribution in [0.25, 0.3) is 6.08 Å². The first-order chi connectivity index (χ1) is 6.93. The lowest BCUT2D eigenvalue weighted by Gasteiger charge is -1.93. The maximum absolute atomic E-state index is 3.69. The maximum atomic E-state index is 3.69. The molecule has 1 heteroatoms. The summed E-state index contributed by atoms with van der Waals surface area (Å²) in [7, 11) is 0. The predicted octanol–water partition coefficient (Wildman–Crippen LogP) is 4.01. The van der Waals surface area contributed by atoms with Gasteiger partial charge in [-0.1, -0.05) is 48.6 Å². The van der Waals surface area contributed by atoms with Crippen LogP contribution in [0.5, 0.6) is 0 Å². The Kier molecular flexibility index (Phi) is 5.92. The maximum Gasteiger partial charge on any atom is 0.0116 e. The summed E-state index contributed by atoms with van der Waals surface area (Å²) in [5.74, 6) is 2.26. The van der Waals surface area contributed by atoms with E-state index in [4.69, 9.17) is 0 Å². The third kappa shape index (κ3) is 4.93. The van der Waals surface area contributed by atoms with E-state index in [1.807, 2.05) is 23.9 Å². The lowest BCUT2D eigenvalue weighted by molar-refractivity contribution is 1.25. The molecule has 1 aromatic rings. The van der Waals surface area contributed by atoms with Crippen molar-refractivity contribution in [2.45, 2.75) is 6.42 Å². The van der Waals surface area contributed by atoms with Crippen molar-refractivity contribution < 1.29 is 0 Å². The molecule has 74 valence electrons. The van der Waals surface area contributed by atoms with Crippen molar-refractivity contribution in [1.29, 1.82) is 0 Å². The normalized spacial score (nSPS) is 10.6. The minimum atomic E-state index is 1.09. The summed E-state index contributed by atoms with van der Waals surface area (Å²) in [5, 5.41) is 0. The molecule has 0 aliphatic heterocycles. The fraction of sp³-hybridized carbons (Fsp3) is 0.231. The molecule has 0 saturated carbocycles. The van der Waals surface area contributed by atoms with Gasteiger partial charge in [-0.25, -0.2) is 0 Å². The second-order valence-corrected chi connectivity index (χ2v) is 4.12. The van der Waals surface area contributed by atoms with Crippen LogP contribution in [-0.4, -0.2) is 11.5 Å². The highest BCUT2D eigenvalue weighted by Crippen LogP contribution is 2.06. The fourth-order valence-corrected chi connectivity index (χ4v) is 1.80. The standard InChI is InChI=1S/C13H16S/c1-2-3-11-14-12-7-10-13-8-5-4-6-9-13/h2,4-10H,1,3,11-12H2/b10-7+. The Morgan fingerprint density at radius 2 is 2.00 bits per heavy atom. The van der Waals surface area contributed by atoms with Gasteiger partial charge in [0.1, 0.15) is 0 Å². The highest BCUT2D eigenvalue weighted by molar-refractivity contribution is 7.99. The first-order valence-corrected chi connectivity index (χ1v) is 5.99. The van der Waals surface area contributed by atoms with Gasteiger partial charge in [0.25, 0.3) is 0 Å². The molecular weight excluding hydrogens is 188 g/mol. The molecule has 0 heterocycles. The third-order valence-corrected chi connectivity index (χ3v) is 2.74.